The van der Waals surface area contributed by atoms with Crippen molar-refractivity contribution in [3.63, 3.8) is 0 Å². The van der Waals surface area contributed by atoms with Crippen molar-refractivity contribution in [1.29, 1.82) is 0 Å². The standard InChI is InChI=1S/C20H29NO3/c1-24-17-7-5-6-15(12-17)13-18(16-8-9-16)21-19(22)14-20(23)10-3-2-4-11-20/h5-7,12,16,18,23H,2-4,8-11,13-14H2,1H3,(H,21,22). The highest BCUT2D eigenvalue weighted by atomic mass is 16.5. The summed E-state index contributed by atoms with van der Waals surface area (Å²) in [5, 5.41) is 13.8. The number of hydrogen-bond donors (Lipinski definition) is 2. The lowest BCUT2D eigenvalue weighted by molar-refractivity contribution is -0.128. The number of hydrogen-bond acceptors (Lipinski definition) is 3. The molecule has 132 valence electrons. The molecule has 0 bridgehead atoms. The van der Waals surface area contributed by atoms with Crippen LogP contribution in [-0.4, -0.2) is 29.8 Å². The van der Waals surface area contributed by atoms with Crippen molar-refractivity contribution >= 4 is 5.91 Å². The van der Waals surface area contributed by atoms with Crippen LogP contribution in [0.3, 0.4) is 0 Å². The Morgan fingerprint density at radius 3 is 2.75 bits per heavy atom. The topological polar surface area (TPSA) is 58.6 Å². The Kier molecular flexibility index (Phi) is 5.44. The van der Waals surface area contributed by atoms with Crippen molar-refractivity contribution in [2.75, 3.05) is 7.11 Å². The van der Waals surface area contributed by atoms with E-state index in [1.807, 2.05) is 18.2 Å². The lowest BCUT2D eigenvalue weighted by Crippen LogP contribution is -2.43. The fourth-order valence-corrected chi connectivity index (χ4v) is 3.83. The molecule has 1 amide bonds. The lowest BCUT2D eigenvalue weighted by Gasteiger charge is -2.32. The number of aliphatic hydroxyl groups is 1. The zero-order chi connectivity index (χ0) is 17.0. The van der Waals surface area contributed by atoms with Crippen molar-refractivity contribution < 1.29 is 14.6 Å². The first-order chi connectivity index (χ1) is 11.6. The highest BCUT2D eigenvalue weighted by molar-refractivity contribution is 5.77. The van der Waals surface area contributed by atoms with E-state index in [-0.39, 0.29) is 18.4 Å². The number of carbonyl (C=O) groups excluding carboxylic acids is 1. The van der Waals surface area contributed by atoms with Gasteiger partial charge in [0.25, 0.3) is 0 Å². The van der Waals surface area contributed by atoms with Crippen LogP contribution in [0.1, 0.15) is 56.9 Å². The molecule has 2 aliphatic carbocycles. The predicted octanol–water partition coefficient (Wildman–Crippen LogP) is 3.22. The molecule has 2 saturated carbocycles. The van der Waals surface area contributed by atoms with Gasteiger partial charge < -0.3 is 15.2 Å². The van der Waals surface area contributed by atoms with E-state index < -0.39 is 5.60 Å². The van der Waals surface area contributed by atoms with E-state index in [1.54, 1.807) is 7.11 Å². The normalized spacial score (nSPS) is 21.1. The number of ether oxygens (including phenoxy) is 1. The van der Waals surface area contributed by atoms with Gasteiger partial charge in [-0.2, -0.15) is 0 Å². The van der Waals surface area contributed by atoms with Crippen molar-refractivity contribution in [1.82, 2.24) is 5.32 Å². The Bertz CT molecular complexity index is 562. The quantitative estimate of drug-likeness (QED) is 0.806. The number of benzene rings is 1. The number of rotatable bonds is 7. The van der Waals surface area contributed by atoms with Crippen LogP contribution in [0.2, 0.25) is 0 Å². The Balaban J connectivity index is 1.58. The van der Waals surface area contributed by atoms with E-state index in [1.165, 1.54) is 24.8 Å². The minimum Gasteiger partial charge on any atom is -0.497 e. The smallest absolute Gasteiger partial charge is 0.223 e. The highest BCUT2D eigenvalue weighted by Gasteiger charge is 2.35. The first-order valence-corrected chi connectivity index (χ1v) is 9.23. The summed E-state index contributed by atoms with van der Waals surface area (Å²) in [6.45, 7) is 0. The molecule has 2 fully saturated rings. The van der Waals surface area contributed by atoms with E-state index in [0.717, 1.165) is 37.9 Å². The molecule has 1 aromatic carbocycles. The summed E-state index contributed by atoms with van der Waals surface area (Å²) in [6, 6.07) is 8.21. The molecule has 0 heterocycles. The number of nitrogens with one attached hydrogen (secondary N) is 1. The van der Waals surface area contributed by atoms with Gasteiger partial charge in [0.2, 0.25) is 5.91 Å². The van der Waals surface area contributed by atoms with Gasteiger partial charge in [-0.25, -0.2) is 0 Å². The highest BCUT2D eigenvalue weighted by Crippen LogP contribution is 2.35. The summed E-state index contributed by atoms with van der Waals surface area (Å²) >= 11 is 0. The molecule has 2 N–H and O–H groups in total. The van der Waals surface area contributed by atoms with Gasteiger partial charge in [0.05, 0.1) is 19.1 Å². The van der Waals surface area contributed by atoms with Gasteiger partial charge in [0.1, 0.15) is 5.75 Å². The van der Waals surface area contributed by atoms with E-state index in [2.05, 4.69) is 11.4 Å². The third kappa shape index (κ3) is 4.73. The third-order valence-corrected chi connectivity index (χ3v) is 5.40. The first kappa shape index (κ1) is 17.3. The molecule has 1 atom stereocenters. The monoisotopic (exact) mass is 331 g/mol. The fraction of sp³-hybridized carbons (Fsp3) is 0.650. The zero-order valence-corrected chi connectivity index (χ0v) is 14.6. The molecule has 0 radical (unpaired) electrons. The number of amides is 1. The Morgan fingerprint density at radius 1 is 1.33 bits per heavy atom. The molecular formula is C20H29NO3. The van der Waals surface area contributed by atoms with Crippen LogP contribution in [0.25, 0.3) is 0 Å². The van der Waals surface area contributed by atoms with Gasteiger partial charge in [-0.15, -0.1) is 0 Å². The first-order valence-electron chi connectivity index (χ1n) is 9.23. The van der Waals surface area contributed by atoms with E-state index >= 15 is 0 Å². The molecule has 4 heteroatoms. The maximum atomic E-state index is 12.5. The second-order valence-electron chi connectivity index (χ2n) is 7.53. The molecular weight excluding hydrogens is 302 g/mol. The van der Waals surface area contributed by atoms with Crippen LogP contribution < -0.4 is 10.1 Å². The zero-order valence-electron chi connectivity index (χ0n) is 14.6. The second-order valence-corrected chi connectivity index (χ2v) is 7.53. The summed E-state index contributed by atoms with van der Waals surface area (Å²) in [5.74, 6) is 1.42. The molecule has 24 heavy (non-hydrogen) atoms. The van der Waals surface area contributed by atoms with Crippen LogP contribution >= 0.6 is 0 Å². The lowest BCUT2D eigenvalue weighted by atomic mass is 9.82. The Morgan fingerprint density at radius 2 is 2.08 bits per heavy atom. The number of methoxy groups -OCH3 is 1. The summed E-state index contributed by atoms with van der Waals surface area (Å²) < 4.78 is 5.29. The minimum atomic E-state index is -0.785. The van der Waals surface area contributed by atoms with Crippen LogP contribution in [0.15, 0.2) is 24.3 Å². The second kappa shape index (κ2) is 7.56. The molecule has 2 aliphatic rings. The summed E-state index contributed by atoms with van der Waals surface area (Å²) in [7, 11) is 1.67. The largest absolute Gasteiger partial charge is 0.497 e. The van der Waals surface area contributed by atoms with Gasteiger partial charge in [-0.3, -0.25) is 4.79 Å². The van der Waals surface area contributed by atoms with E-state index in [9.17, 15) is 9.90 Å². The predicted molar refractivity (Wildman–Crippen MR) is 94.0 cm³/mol. The van der Waals surface area contributed by atoms with Gasteiger partial charge >= 0.3 is 0 Å². The molecule has 1 unspecified atom stereocenters. The maximum absolute atomic E-state index is 12.5. The molecule has 0 spiro atoms. The van der Waals surface area contributed by atoms with Crippen molar-refractivity contribution in [3.8, 4) is 5.75 Å². The summed E-state index contributed by atoms with van der Waals surface area (Å²) in [5.41, 5.74) is 0.398. The van der Waals surface area contributed by atoms with Gasteiger partial charge in [-0.05, 0) is 55.7 Å². The van der Waals surface area contributed by atoms with Crippen LogP contribution in [0.4, 0.5) is 0 Å². The van der Waals surface area contributed by atoms with Crippen molar-refractivity contribution in [3.05, 3.63) is 29.8 Å². The Labute approximate surface area is 144 Å². The molecule has 3 rings (SSSR count). The van der Waals surface area contributed by atoms with Crippen LogP contribution in [0.5, 0.6) is 5.75 Å². The van der Waals surface area contributed by atoms with Gasteiger partial charge in [0.15, 0.2) is 0 Å². The van der Waals surface area contributed by atoms with Crippen LogP contribution in [0, 0.1) is 5.92 Å². The SMILES string of the molecule is COc1cccc(CC(NC(=O)CC2(O)CCCCC2)C2CC2)c1. The average Bonchev–Trinajstić information content (AvgIpc) is 3.39. The summed E-state index contributed by atoms with van der Waals surface area (Å²) in [4.78, 5) is 12.5. The molecule has 0 aromatic heterocycles. The van der Waals surface area contributed by atoms with Gasteiger partial charge in [-0.1, -0.05) is 31.4 Å². The fourth-order valence-electron chi connectivity index (χ4n) is 3.83. The van der Waals surface area contributed by atoms with E-state index in [4.69, 9.17) is 4.74 Å². The maximum Gasteiger partial charge on any atom is 0.223 e. The van der Waals surface area contributed by atoms with E-state index in [0.29, 0.717) is 5.92 Å². The third-order valence-electron chi connectivity index (χ3n) is 5.40. The van der Waals surface area contributed by atoms with Crippen LogP contribution in [-0.2, 0) is 11.2 Å². The van der Waals surface area contributed by atoms with Gasteiger partial charge in [0, 0.05) is 6.04 Å². The van der Waals surface area contributed by atoms with Crippen molar-refractivity contribution in [2.24, 2.45) is 5.92 Å². The minimum absolute atomic E-state index is 0.000744. The molecule has 4 nitrogen and oxygen atoms in total. The number of carbonyl (C=O) groups is 1. The average molecular weight is 331 g/mol. The molecule has 0 saturated heterocycles. The molecule has 0 aliphatic heterocycles. The Hall–Kier alpha value is -1.55. The van der Waals surface area contributed by atoms with Crippen molar-refractivity contribution in [2.45, 2.75) is 69.4 Å². The molecule has 1 aromatic rings. The summed E-state index contributed by atoms with van der Waals surface area (Å²) in [6.07, 6.45) is 8.16.